The number of nitrogens with zero attached hydrogens (tertiary/aromatic N) is 1. The molecular weight excluding hydrogens is 525 g/mol. The summed E-state index contributed by atoms with van der Waals surface area (Å²) in [5.41, 5.74) is 10.1. The van der Waals surface area contributed by atoms with Gasteiger partial charge in [0.25, 0.3) is 0 Å². The van der Waals surface area contributed by atoms with Crippen molar-refractivity contribution in [3.63, 3.8) is 0 Å². The molecule has 1 saturated heterocycles. The Morgan fingerprint density at radius 2 is 1.44 bits per heavy atom. The fourth-order valence-electron chi connectivity index (χ4n) is 9.08. The van der Waals surface area contributed by atoms with Crippen molar-refractivity contribution in [2.75, 3.05) is 0 Å². The van der Waals surface area contributed by atoms with E-state index in [4.69, 9.17) is 9.31 Å². The molecule has 10 rings (SSSR count). The molecule has 4 aliphatic carbocycles. The van der Waals surface area contributed by atoms with Gasteiger partial charge in [-0.2, -0.15) is 0 Å². The summed E-state index contributed by atoms with van der Waals surface area (Å²) in [6.45, 7) is 8.48. The quantitative estimate of drug-likeness (QED) is 0.199. The molecule has 216 valence electrons. The molecule has 4 aromatic carbocycles. The van der Waals surface area contributed by atoms with Crippen LogP contribution in [-0.2, 0) is 9.31 Å². The first-order valence-corrected chi connectivity index (χ1v) is 16.4. The number of rotatable bonds is 2. The van der Waals surface area contributed by atoms with Gasteiger partial charge < -0.3 is 13.9 Å². The molecule has 2 saturated carbocycles. The van der Waals surface area contributed by atoms with Gasteiger partial charge in [-0.15, -0.1) is 0 Å². The van der Waals surface area contributed by atoms with Gasteiger partial charge in [0.2, 0.25) is 0 Å². The first kappa shape index (κ1) is 26.1. The van der Waals surface area contributed by atoms with Crippen LogP contribution in [0.2, 0.25) is 0 Å². The van der Waals surface area contributed by atoms with E-state index in [1.165, 1.54) is 70.7 Å². The first-order chi connectivity index (χ1) is 20.8. The van der Waals surface area contributed by atoms with Crippen LogP contribution in [0.5, 0.6) is 0 Å². The molecule has 1 aromatic heterocycles. The molecule has 43 heavy (non-hydrogen) atoms. The van der Waals surface area contributed by atoms with E-state index in [1.807, 2.05) is 0 Å². The third kappa shape index (κ3) is 3.82. The SMILES string of the molecule is CC1(C)OB(c2ccc3c(c2)c2ccccc2n3-c2ccc3c(c2)-c2ccccc2C2C[C@H]4CC3CC[C@H]2C4)OC1(C)C. The van der Waals surface area contributed by atoms with Crippen molar-refractivity contribution in [2.24, 2.45) is 11.8 Å². The monoisotopic (exact) mass is 565 g/mol. The van der Waals surface area contributed by atoms with Crippen LogP contribution in [-0.4, -0.2) is 22.9 Å². The average Bonchev–Trinajstić information content (AvgIpc) is 3.57. The lowest BCUT2D eigenvalue weighted by Gasteiger charge is -2.32. The molecule has 0 amide bonds. The zero-order valence-corrected chi connectivity index (χ0v) is 25.8. The van der Waals surface area contributed by atoms with Crippen molar-refractivity contribution < 1.29 is 9.31 Å². The summed E-state index contributed by atoms with van der Waals surface area (Å²) in [6.07, 6.45) is 6.86. The fraction of sp³-hybridized carbons (Fsp3) is 0.385. The molecule has 4 heteroatoms. The highest BCUT2D eigenvalue weighted by Gasteiger charge is 2.51. The molecule has 0 N–H and O–H groups in total. The number of para-hydroxylation sites is 1. The molecule has 2 unspecified atom stereocenters. The topological polar surface area (TPSA) is 23.4 Å². The maximum Gasteiger partial charge on any atom is 0.494 e. The van der Waals surface area contributed by atoms with Gasteiger partial charge in [0.15, 0.2) is 0 Å². The van der Waals surface area contributed by atoms with Crippen molar-refractivity contribution in [3.8, 4) is 16.8 Å². The second kappa shape index (κ2) is 9.09. The van der Waals surface area contributed by atoms with E-state index in [0.29, 0.717) is 11.8 Å². The third-order valence-electron chi connectivity index (χ3n) is 11.9. The molecule has 3 fully saturated rings. The Kier molecular flexibility index (Phi) is 5.52. The maximum atomic E-state index is 6.45. The van der Waals surface area contributed by atoms with Gasteiger partial charge >= 0.3 is 7.12 Å². The van der Waals surface area contributed by atoms with Gasteiger partial charge in [0, 0.05) is 16.5 Å². The van der Waals surface area contributed by atoms with E-state index in [9.17, 15) is 0 Å². The minimum absolute atomic E-state index is 0.366. The van der Waals surface area contributed by atoms with Crippen LogP contribution in [0, 0.1) is 11.8 Å². The Morgan fingerprint density at radius 3 is 2.30 bits per heavy atom. The molecule has 3 nitrogen and oxygen atoms in total. The van der Waals surface area contributed by atoms with Gasteiger partial charge in [0.05, 0.1) is 22.2 Å². The highest BCUT2D eigenvalue weighted by Crippen LogP contribution is 2.56. The van der Waals surface area contributed by atoms with Crippen molar-refractivity contribution in [1.82, 2.24) is 4.57 Å². The first-order valence-electron chi connectivity index (χ1n) is 16.4. The van der Waals surface area contributed by atoms with E-state index in [2.05, 4.69) is 117 Å². The second-order valence-corrected chi connectivity index (χ2v) is 14.8. The highest BCUT2D eigenvalue weighted by molar-refractivity contribution is 6.62. The predicted octanol–water partition coefficient (Wildman–Crippen LogP) is 9.14. The summed E-state index contributed by atoms with van der Waals surface area (Å²) in [6, 6.07) is 32.3. The van der Waals surface area contributed by atoms with Gasteiger partial charge in [-0.05, 0) is 135 Å². The van der Waals surface area contributed by atoms with Crippen molar-refractivity contribution in [1.29, 1.82) is 0 Å². The maximum absolute atomic E-state index is 6.45. The van der Waals surface area contributed by atoms with Crippen molar-refractivity contribution >= 4 is 34.4 Å². The fourth-order valence-corrected chi connectivity index (χ4v) is 9.08. The normalized spacial score (nSPS) is 26.7. The standard InChI is InChI=1S/C39H40BNO2/c1-38(2)39(3,4)43-40(42-38)27-15-18-37-35(22-27)32-11-7-8-12-36(32)41(37)28-16-17-29-25-13-14-26-20-24(19-25)21-33(26)30-9-5-6-10-31(30)34(29)23-28/h5-12,15-18,22-26,33H,13-14,19-21H2,1-4H3/t24-,25?,26-,33?/m0/s1. The highest BCUT2D eigenvalue weighted by atomic mass is 16.7. The number of hydrogen-bond acceptors (Lipinski definition) is 2. The lowest BCUT2D eigenvalue weighted by Crippen LogP contribution is -2.41. The van der Waals surface area contributed by atoms with E-state index in [0.717, 1.165) is 17.3 Å². The van der Waals surface area contributed by atoms with Gasteiger partial charge in [0.1, 0.15) is 0 Å². The van der Waals surface area contributed by atoms with Gasteiger partial charge in [-0.3, -0.25) is 0 Å². The molecule has 0 spiro atoms. The second-order valence-electron chi connectivity index (χ2n) is 14.8. The molecule has 2 heterocycles. The zero-order valence-electron chi connectivity index (χ0n) is 25.8. The van der Waals surface area contributed by atoms with E-state index in [1.54, 1.807) is 11.1 Å². The Morgan fingerprint density at radius 1 is 0.674 bits per heavy atom. The summed E-state index contributed by atoms with van der Waals surface area (Å²) in [4.78, 5) is 0. The number of aromatic nitrogens is 1. The van der Waals surface area contributed by atoms with Crippen LogP contribution < -0.4 is 5.46 Å². The summed E-state index contributed by atoms with van der Waals surface area (Å²) < 4.78 is 15.4. The lowest BCUT2D eigenvalue weighted by molar-refractivity contribution is 0.00578. The minimum atomic E-state index is -0.376. The molecule has 4 atom stereocenters. The minimum Gasteiger partial charge on any atom is -0.399 e. The third-order valence-corrected chi connectivity index (χ3v) is 11.9. The molecule has 0 radical (unpaired) electrons. The summed E-state index contributed by atoms with van der Waals surface area (Å²) in [5, 5.41) is 2.50. The van der Waals surface area contributed by atoms with Crippen molar-refractivity contribution in [3.05, 3.63) is 96.1 Å². The Labute approximate surface area is 255 Å². The van der Waals surface area contributed by atoms with Crippen LogP contribution >= 0.6 is 0 Å². The molecule has 5 aromatic rings. The summed E-state index contributed by atoms with van der Waals surface area (Å²) >= 11 is 0. The molecular formula is C39H40BNO2. The lowest BCUT2D eigenvalue weighted by atomic mass is 9.78. The van der Waals surface area contributed by atoms with E-state index >= 15 is 0 Å². The summed E-state index contributed by atoms with van der Waals surface area (Å²) in [7, 11) is -0.376. The van der Waals surface area contributed by atoms with Crippen LogP contribution in [0.25, 0.3) is 38.6 Å². The number of fused-ring (bicyclic) bond motifs is 4. The smallest absolute Gasteiger partial charge is 0.399 e. The van der Waals surface area contributed by atoms with Crippen LogP contribution in [0.15, 0.2) is 84.9 Å². The molecule has 5 aliphatic rings. The van der Waals surface area contributed by atoms with Crippen molar-refractivity contribution in [2.45, 2.75) is 82.8 Å². The van der Waals surface area contributed by atoms with E-state index < -0.39 is 0 Å². The van der Waals surface area contributed by atoms with Crippen LogP contribution in [0.1, 0.15) is 82.8 Å². The van der Waals surface area contributed by atoms with Crippen LogP contribution in [0.4, 0.5) is 0 Å². The van der Waals surface area contributed by atoms with E-state index in [-0.39, 0.29) is 18.3 Å². The average molecular weight is 566 g/mol. The largest absolute Gasteiger partial charge is 0.494 e. The zero-order chi connectivity index (χ0) is 29.1. The summed E-state index contributed by atoms with van der Waals surface area (Å²) in [5.74, 6) is 3.09. The Balaban J connectivity index is 1.23. The number of benzene rings is 4. The van der Waals surface area contributed by atoms with Gasteiger partial charge in [-0.25, -0.2) is 0 Å². The predicted molar refractivity (Wildman–Crippen MR) is 177 cm³/mol. The number of hydrogen-bond donors (Lipinski definition) is 0. The Bertz CT molecular complexity index is 1900. The molecule has 1 aliphatic heterocycles. The molecule has 4 bridgehead atoms. The van der Waals surface area contributed by atoms with Crippen LogP contribution in [0.3, 0.4) is 0 Å². The van der Waals surface area contributed by atoms with Gasteiger partial charge in [-0.1, -0.05) is 60.7 Å². The Hall–Kier alpha value is -3.34.